The van der Waals surface area contributed by atoms with Crippen molar-refractivity contribution in [2.45, 2.75) is 62.1 Å². The van der Waals surface area contributed by atoms with Crippen LogP contribution in [0.4, 0.5) is 0 Å². The fraction of sp³-hybridized carbons (Fsp3) is 0.640. The number of unbranched alkanes of at least 4 members (excludes halogenated alkanes) is 2. The van der Waals surface area contributed by atoms with Gasteiger partial charge in [-0.25, -0.2) is 0 Å². The average Bonchev–Trinajstić information content (AvgIpc) is 3.40. The Morgan fingerprint density at radius 2 is 1.94 bits per heavy atom. The van der Waals surface area contributed by atoms with E-state index in [0.29, 0.717) is 13.1 Å². The van der Waals surface area contributed by atoms with E-state index in [1.54, 1.807) is 16.7 Å². The largest absolute Gasteiger partial charge is 0.395 e. The van der Waals surface area contributed by atoms with Crippen molar-refractivity contribution < 1.29 is 19.5 Å². The van der Waals surface area contributed by atoms with Gasteiger partial charge in [0.15, 0.2) is 0 Å². The maximum atomic E-state index is 13.6. The summed E-state index contributed by atoms with van der Waals surface area (Å²) in [7, 11) is 0. The van der Waals surface area contributed by atoms with Gasteiger partial charge in [-0.3, -0.25) is 14.4 Å². The lowest BCUT2D eigenvalue weighted by Crippen LogP contribution is -2.56. The molecule has 180 valence electrons. The fourth-order valence-corrected chi connectivity index (χ4v) is 8.48. The van der Waals surface area contributed by atoms with E-state index < -0.39 is 22.6 Å². The summed E-state index contributed by atoms with van der Waals surface area (Å²) < 4.78 is -0.624. The average molecular weight is 474 g/mol. The number of aliphatic hydroxyl groups is 1. The highest BCUT2D eigenvalue weighted by atomic mass is 32.2. The van der Waals surface area contributed by atoms with Gasteiger partial charge in [0.25, 0.3) is 0 Å². The van der Waals surface area contributed by atoms with Gasteiger partial charge in [-0.1, -0.05) is 57.0 Å². The van der Waals surface area contributed by atoms with Crippen LogP contribution in [-0.4, -0.2) is 63.5 Å². The number of fused-ring (bicyclic) bond motifs is 1. The van der Waals surface area contributed by atoms with Crippen LogP contribution < -0.4 is 10.6 Å². The number of β-amino-alcohol motifs (C(OH)–C–C–N with tert-alkyl or cyclic N) is 1. The number of carbonyl (C=O) groups excluding carboxylic acids is 3. The van der Waals surface area contributed by atoms with Crippen molar-refractivity contribution in [2.24, 2.45) is 17.8 Å². The van der Waals surface area contributed by atoms with Crippen molar-refractivity contribution in [1.29, 1.82) is 0 Å². The van der Waals surface area contributed by atoms with Crippen LogP contribution in [0.2, 0.25) is 0 Å². The van der Waals surface area contributed by atoms with Crippen LogP contribution in [0, 0.1) is 17.8 Å². The van der Waals surface area contributed by atoms with Crippen LogP contribution in [0.15, 0.2) is 30.3 Å². The minimum absolute atomic E-state index is 0.0244. The maximum Gasteiger partial charge on any atom is 0.244 e. The molecule has 2 bridgehead atoms. The lowest BCUT2D eigenvalue weighted by atomic mass is 9.66. The van der Waals surface area contributed by atoms with E-state index in [1.165, 1.54) is 0 Å². The number of carbonyl (C=O) groups is 3. The second-order valence-electron chi connectivity index (χ2n) is 9.51. The van der Waals surface area contributed by atoms with Gasteiger partial charge in [-0.15, -0.1) is 11.8 Å². The van der Waals surface area contributed by atoms with E-state index in [-0.39, 0.29) is 42.0 Å². The molecule has 7 nitrogen and oxygen atoms in total. The van der Waals surface area contributed by atoms with E-state index >= 15 is 0 Å². The number of hydrogen-bond donors (Lipinski definition) is 3. The molecule has 0 saturated carbocycles. The van der Waals surface area contributed by atoms with E-state index in [4.69, 9.17) is 0 Å². The minimum Gasteiger partial charge on any atom is -0.395 e. The number of nitrogens with one attached hydrogen (secondary N) is 2. The van der Waals surface area contributed by atoms with Crippen molar-refractivity contribution >= 4 is 29.5 Å². The molecule has 1 aromatic carbocycles. The van der Waals surface area contributed by atoms with Crippen molar-refractivity contribution in [3.8, 4) is 0 Å². The van der Waals surface area contributed by atoms with Gasteiger partial charge in [-0.2, -0.15) is 0 Å². The Kier molecular flexibility index (Phi) is 7.34. The number of aliphatic hydroxyl groups excluding tert-OH is 1. The zero-order valence-electron chi connectivity index (χ0n) is 19.5. The Labute approximate surface area is 200 Å². The highest BCUT2D eigenvalue weighted by Crippen LogP contribution is 2.68. The van der Waals surface area contributed by atoms with Gasteiger partial charge >= 0.3 is 0 Å². The highest BCUT2D eigenvalue weighted by molar-refractivity contribution is 8.02. The molecular weight excluding hydrogens is 438 g/mol. The van der Waals surface area contributed by atoms with Gasteiger partial charge < -0.3 is 20.6 Å². The molecule has 3 fully saturated rings. The number of thioether (sulfide) groups is 1. The lowest BCUT2D eigenvalue weighted by molar-refractivity contribution is -0.140. The Balaban J connectivity index is 1.57. The van der Waals surface area contributed by atoms with Crippen molar-refractivity contribution in [3.63, 3.8) is 0 Å². The summed E-state index contributed by atoms with van der Waals surface area (Å²) in [5.74, 6) is -1.29. The molecule has 3 amide bonds. The smallest absolute Gasteiger partial charge is 0.244 e. The zero-order valence-corrected chi connectivity index (χ0v) is 20.3. The second kappa shape index (κ2) is 10.1. The molecule has 3 aliphatic rings. The van der Waals surface area contributed by atoms with Crippen LogP contribution in [0.5, 0.6) is 0 Å². The third-order valence-corrected chi connectivity index (χ3v) is 9.60. The topological polar surface area (TPSA) is 98.7 Å². The SMILES string of the molecule is CCCCCNC(=O)C1N(CCO)C(=O)[C@@H]2[C@H](C(=O)NCc3ccccc3)[C@@H]3CC(C)C12S3. The van der Waals surface area contributed by atoms with Crippen LogP contribution in [0.25, 0.3) is 0 Å². The molecule has 0 radical (unpaired) electrons. The molecule has 6 atom stereocenters. The third-order valence-electron chi connectivity index (χ3n) is 7.53. The first kappa shape index (κ1) is 24.1. The molecule has 3 N–H and O–H groups in total. The molecule has 0 aliphatic carbocycles. The summed E-state index contributed by atoms with van der Waals surface area (Å²) in [5.41, 5.74) is 1.01. The van der Waals surface area contributed by atoms with E-state index in [0.717, 1.165) is 31.2 Å². The fourth-order valence-electron chi connectivity index (χ4n) is 6.05. The summed E-state index contributed by atoms with van der Waals surface area (Å²) in [4.78, 5) is 41.9. The van der Waals surface area contributed by atoms with E-state index in [1.807, 2.05) is 30.3 Å². The van der Waals surface area contributed by atoms with Gasteiger partial charge in [-0.05, 0) is 24.3 Å². The number of hydrogen-bond acceptors (Lipinski definition) is 5. The Hall–Kier alpha value is -2.06. The van der Waals surface area contributed by atoms with Gasteiger partial charge in [0.2, 0.25) is 17.7 Å². The molecule has 4 rings (SSSR count). The number of amides is 3. The summed E-state index contributed by atoms with van der Waals surface area (Å²) in [6, 6.07) is 9.07. The predicted molar refractivity (Wildman–Crippen MR) is 128 cm³/mol. The second-order valence-corrected chi connectivity index (χ2v) is 11.1. The van der Waals surface area contributed by atoms with Gasteiger partial charge in [0.05, 0.1) is 23.2 Å². The molecule has 1 aromatic rings. The van der Waals surface area contributed by atoms with Crippen LogP contribution in [0.3, 0.4) is 0 Å². The van der Waals surface area contributed by atoms with Crippen LogP contribution in [-0.2, 0) is 20.9 Å². The first-order valence-electron chi connectivity index (χ1n) is 12.1. The highest BCUT2D eigenvalue weighted by Gasteiger charge is 2.75. The third kappa shape index (κ3) is 4.16. The molecule has 8 heteroatoms. The van der Waals surface area contributed by atoms with Crippen molar-refractivity contribution in [2.75, 3.05) is 19.7 Å². The number of likely N-dealkylation sites (tertiary alicyclic amines) is 1. The maximum absolute atomic E-state index is 13.6. The number of rotatable bonds is 10. The first-order chi connectivity index (χ1) is 16.0. The molecular formula is C25H35N3O4S. The first-order valence-corrected chi connectivity index (χ1v) is 13.0. The standard InChI is InChI=1S/C25H35N3O4S/c1-3-4-8-11-26-23(31)21-25-16(2)14-18(33-25)19(20(25)24(32)28(21)12-13-29)22(30)27-15-17-9-6-5-7-10-17/h5-7,9-10,16,18-21,29H,3-4,8,11-15H2,1-2H3,(H,26,31)(H,27,30)/t16?,18-,19+,20-,21?,25?/m0/s1. The molecule has 3 saturated heterocycles. The molecule has 0 aromatic heterocycles. The molecule has 3 heterocycles. The Morgan fingerprint density at radius 3 is 2.64 bits per heavy atom. The molecule has 3 unspecified atom stereocenters. The van der Waals surface area contributed by atoms with Gasteiger partial charge in [0, 0.05) is 24.9 Å². The van der Waals surface area contributed by atoms with Crippen molar-refractivity contribution in [3.05, 3.63) is 35.9 Å². The molecule has 3 aliphatic heterocycles. The normalized spacial score (nSPS) is 32.2. The van der Waals surface area contributed by atoms with Crippen LogP contribution >= 0.6 is 11.8 Å². The molecule has 1 spiro atoms. The molecule has 33 heavy (non-hydrogen) atoms. The summed E-state index contributed by atoms with van der Waals surface area (Å²) >= 11 is 1.66. The van der Waals surface area contributed by atoms with E-state index in [9.17, 15) is 19.5 Å². The lowest BCUT2D eigenvalue weighted by Gasteiger charge is -2.38. The number of benzene rings is 1. The zero-order chi connectivity index (χ0) is 23.6. The summed E-state index contributed by atoms with van der Waals surface area (Å²) in [5, 5.41) is 15.8. The Morgan fingerprint density at radius 1 is 1.18 bits per heavy atom. The number of nitrogens with zero attached hydrogens (tertiary/aromatic N) is 1. The summed E-state index contributed by atoms with van der Waals surface area (Å²) in [6.45, 7) is 5.11. The minimum atomic E-state index is -0.652. The van der Waals surface area contributed by atoms with E-state index in [2.05, 4.69) is 24.5 Å². The van der Waals surface area contributed by atoms with Crippen LogP contribution in [0.1, 0.15) is 45.1 Å². The van der Waals surface area contributed by atoms with Gasteiger partial charge in [0.1, 0.15) is 6.04 Å². The predicted octanol–water partition coefficient (Wildman–Crippen LogP) is 1.94. The summed E-state index contributed by atoms with van der Waals surface area (Å²) in [6.07, 6.45) is 3.81. The monoisotopic (exact) mass is 473 g/mol. The van der Waals surface area contributed by atoms with Crippen molar-refractivity contribution in [1.82, 2.24) is 15.5 Å². The Bertz CT molecular complexity index is 882. The quantitative estimate of drug-likeness (QED) is 0.451.